The molecule has 17 heavy (non-hydrogen) atoms. The Hall–Kier alpha value is -2.08. The summed E-state index contributed by atoms with van der Waals surface area (Å²) in [7, 11) is 0. The third kappa shape index (κ3) is 1.72. The van der Waals surface area contributed by atoms with Gasteiger partial charge in [-0.3, -0.25) is 4.40 Å². The highest BCUT2D eigenvalue weighted by molar-refractivity contribution is 7.71. The molecule has 0 amide bonds. The van der Waals surface area contributed by atoms with Crippen molar-refractivity contribution in [3.63, 3.8) is 0 Å². The normalized spacial score (nSPS) is 10.9. The van der Waals surface area contributed by atoms with Crippen molar-refractivity contribution in [2.24, 2.45) is 0 Å². The molecule has 3 aromatic rings. The number of nitrogens with one attached hydrogen (secondary N) is 1. The van der Waals surface area contributed by atoms with Gasteiger partial charge in [-0.25, -0.2) is 14.5 Å². The van der Waals surface area contributed by atoms with Crippen LogP contribution >= 0.6 is 12.2 Å². The SMILES string of the molecule is Fc1cccc(-c2cnc3n[nH]c(=S)n3c2)c1. The molecule has 0 unspecified atom stereocenters. The van der Waals surface area contributed by atoms with Crippen LogP contribution in [0, 0.1) is 10.6 Å². The van der Waals surface area contributed by atoms with Crippen molar-refractivity contribution in [2.75, 3.05) is 0 Å². The summed E-state index contributed by atoms with van der Waals surface area (Å²) in [6.07, 6.45) is 3.42. The van der Waals surface area contributed by atoms with Crippen LogP contribution in [0.15, 0.2) is 36.7 Å². The van der Waals surface area contributed by atoms with Crippen LogP contribution in [0.4, 0.5) is 4.39 Å². The Labute approximate surface area is 101 Å². The molecule has 6 heteroatoms. The fraction of sp³-hybridized carbons (Fsp3) is 0. The highest BCUT2D eigenvalue weighted by Gasteiger charge is 2.03. The topological polar surface area (TPSA) is 46.0 Å². The Morgan fingerprint density at radius 1 is 1.29 bits per heavy atom. The Balaban J connectivity index is 2.24. The van der Waals surface area contributed by atoms with Crippen molar-refractivity contribution < 1.29 is 4.39 Å². The first-order valence-electron chi connectivity index (χ1n) is 4.93. The van der Waals surface area contributed by atoms with Gasteiger partial charge in [0.2, 0.25) is 4.77 Å². The van der Waals surface area contributed by atoms with Gasteiger partial charge >= 0.3 is 0 Å². The van der Waals surface area contributed by atoms with Crippen molar-refractivity contribution in [3.8, 4) is 11.1 Å². The average Bonchev–Trinajstić information content (AvgIpc) is 2.71. The minimum atomic E-state index is -0.279. The summed E-state index contributed by atoms with van der Waals surface area (Å²) < 4.78 is 15.2. The lowest BCUT2D eigenvalue weighted by atomic mass is 10.1. The Kier molecular flexibility index (Phi) is 2.22. The minimum absolute atomic E-state index is 0.279. The first-order chi connectivity index (χ1) is 8.24. The zero-order valence-electron chi connectivity index (χ0n) is 8.59. The lowest BCUT2D eigenvalue weighted by Crippen LogP contribution is -1.90. The second kappa shape index (κ2) is 3.74. The number of halogens is 1. The Morgan fingerprint density at radius 2 is 2.18 bits per heavy atom. The van der Waals surface area contributed by atoms with Crippen molar-refractivity contribution in [1.82, 2.24) is 19.6 Å². The van der Waals surface area contributed by atoms with Gasteiger partial charge in [0.05, 0.1) is 0 Å². The van der Waals surface area contributed by atoms with E-state index in [1.807, 2.05) is 6.07 Å². The highest BCUT2D eigenvalue weighted by atomic mass is 32.1. The smallest absolute Gasteiger partial charge is 0.253 e. The molecule has 2 aromatic heterocycles. The van der Waals surface area contributed by atoms with Crippen molar-refractivity contribution in [2.45, 2.75) is 0 Å². The number of nitrogens with zero attached hydrogens (tertiary/aromatic N) is 3. The van der Waals surface area contributed by atoms with Crippen molar-refractivity contribution in [3.05, 3.63) is 47.2 Å². The molecule has 0 saturated carbocycles. The molecule has 0 aliphatic carbocycles. The van der Waals surface area contributed by atoms with E-state index in [0.29, 0.717) is 10.5 Å². The Bertz CT molecular complexity index is 746. The molecule has 0 aliphatic rings. The average molecular weight is 246 g/mol. The Morgan fingerprint density at radius 3 is 3.00 bits per heavy atom. The van der Waals surface area contributed by atoms with E-state index in [-0.39, 0.29) is 5.82 Å². The number of H-pyrrole nitrogens is 1. The summed E-state index contributed by atoms with van der Waals surface area (Å²) >= 11 is 5.05. The van der Waals surface area contributed by atoms with Crippen LogP contribution in [-0.4, -0.2) is 19.6 Å². The van der Waals surface area contributed by atoms with Crippen LogP contribution in [0.25, 0.3) is 16.9 Å². The maximum absolute atomic E-state index is 13.1. The third-order valence-corrected chi connectivity index (χ3v) is 2.72. The van der Waals surface area contributed by atoms with Crippen LogP contribution in [-0.2, 0) is 0 Å². The van der Waals surface area contributed by atoms with Gasteiger partial charge in [-0.05, 0) is 29.9 Å². The first-order valence-corrected chi connectivity index (χ1v) is 5.33. The summed E-state index contributed by atoms with van der Waals surface area (Å²) in [6, 6.07) is 6.32. The van der Waals surface area contributed by atoms with E-state index in [0.717, 1.165) is 11.1 Å². The van der Waals surface area contributed by atoms with Gasteiger partial charge < -0.3 is 0 Å². The van der Waals surface area contributed by atoms with Gasteiger partial charge in [-0.1, -0.05) is 12.1 Å². The molecule has 4 nitrogen and oxygen atoms in total. The predicted molar refractivity (Wildman–Crippen MR) is 63.6 cm³/mol. The third-order valence-electron chi connectivity index (χ3n) is 2.43. The highest BCUT2D eigenvalue weighted by Crippen LogP contribution is 2.19. The second-order valence-corrected chi connectivity index (χ2v) is 3.94. The number of hydrogen-bond acceptors (Lipinski definition) is 3. The van der Waals surface area contributed by atoms with Crippen LogP contribution in [0.5, 0.6) is 0 Å². The van der Waals surface area contributed by atoms with Crippen LogP contribution in [0.3, 0.4) is 0 Å². The molecule has 0 spiro atoms. The van der Waals surface area contributed by atoms with E-state index in [4.69, 9.17) is 12.2 Å². The second-order valence-electron chi connectivity index (χ2n) is 3.55. The van der Waals surface area contributed by atoms with Gasteiger partial charge in [0.25, 0.3) is 5.78 Å². The number of aromatic amines is 1. The predicted octanol–water partition coefficient (Wildman–Crippen LogP) is 2.59. The van der Waals surface area contributed by atoms with Crippen molar-refractivity contribution >= 4 is 18.0 Å². The number of aromatic nitrogens is 4. The van der Waals surface area contributed by atoms with Crippen LogP contribution < -0.4 is 0 Å². The molecule has 1 N–H and O–H groups in total. The van der Waals surface area contributed by atoms with E-state index in [1.165, 1.54) is 12.1 Å². The summed E-state index contributed by atoms with van der Waals surface area (Å²) in [5, 5.41) is 6.58. The molecule has 0 aliphatic heterocycles. The van der Waals surface area contributed by atoms with Crippen molar-refractivity contribution in [1.29, 1.82) is 0 Å². The summed E-state index contributed by atoms with van der Waals surface area (Å²) in [4.78, 5) is 4.14. The van der Waals surface area contributed by atoms with Gasteiger partial charge in [0.1, 0.15) is 5.82 Å². The number of hydrogen-bond donors (Lipinski definition) is 1. The molecule has 0 fully saturated rings. The molecule has 0 bridgehead atoms. The zero-order valence-corrected chi connectivity index (χ0v) is 9.41. The molecule has 0 saturated heterocycles. The number of benzene rings is 1. The molecule has 0 radical (unpaired) electrons. The molecule has 84 valence electrons. The number of fused-ring (bicyclic) bond motifs is 1. The minimum Gasteiger partial charge on any atom is -0.259 e. The molecular formula is C11H7FN4S. The molecule has 3 rings (SSSR count). The lowest BCUT2D eigenvalue weighted by molar-refractivity contribution is 0.628. The van der Waals surface area contributed by atoms with E-state index >= 15 is 0 Å². The monoisotopic (exact) mass is 246 g/mol. The summed E-state index contributed by atoms with van der Waals surface area (Å²) in [6.45, 7) is 0. The standard InChI is InChI=1S/C11H7FN4S/c12-9-3-1-2-7(4-9)8-5-13-10-14-15-11(17)16(10)6-8/h1-6H,(H,15,17). The van der Waals surface area contributed by atoms with E-state index in [2.05, 4.69) is 15.2 Å². The fourth-order valence-corrected chi connectivity index (χ4v) is 1.80. The van der Waals surface area contributed by atoms with E-state index in [9.17, 15) is 4.39 Å². The van der Waals surface area contributed by atoms with E-state index < -0.39 is 0 Å². The maximum Gasteiger partial charge on any atom is 0.253 e. The molecule has 1 aromatic carbocycles. The van der Waals surface area contributed by atoms with Gasteiger partial charge in [-0.2, -0.15) is 0 Å². The molecule has 0 atom stereocenters. The maximum atomic E-state index is 13.1. The molecule has 2 heterocycles. The fourth-order valence-electron chi connectivity index (χ4n) is 1.62. The van der Waals surface area contributed by atoms with Gasteiger partial charge in [0.15, 0.2) is 0 Å². The number of rotatable bonds is 1. The van der Waals surface area contributed by atoms with E-state index in [1.54, 1.807) is 22.9 Å². The summed E-state index contributed by atoms with van der Waals surface area (Å²) in [5.74, 6) is 0.216. The van der Waals surface area contributed by atoms with Gasteiger partial charge in [0, 0.05) is 18.0 Å². The zero-order chi connectivity index (χ0) is 11.8. The largest absolute Gasteiger partial charge is 0.259 e. The summed E-state index contributed by atoms with van der Waals surface area (Å²) in [5.41, 5.74) is 1.54. The van der Waals surface area contributed by atoms with Crippen LogP contribution in [0.1, 0.15) is 0 Å². The lowest BCUT2D eigenvalue weighted by Gasteiger charge is -2.01. The molecular weight excluding hydrogens is 239 g/mol. The first kappa shape index (κ1) is 10.1. The van der Waals surface area contributed by atoms with Crippen LogP contribution in [0.2, 0.25) is 0 Å². The van der Waals surface area contributed by atoms with Gasteiger partial charge in [-0.15, -0.1) is 5.10 Å². The quantitative estimate of drug-likeness (QED) is 0.671.